The van der Waals surface area contributed by atoms with E-state index in [1.807, 2.05) is 60.7 Å². The number of rotatable bonds is 3. The molecule has 1 aliphatic rings. The summed E-state index contributed by atoms with van der Waals surface area (Å²) in [7, 11) is 1.32. The Bertz CT molecular complexity index is 933. The molecule has 2 aromatic carbocycles. The first-order valence-electron chi connectivity index (χ1n) is 7.90. The predicted molar refractivity (Wildman–Crippen MR) is 94.0 cm³/mol. The van der Waals surface area contributed by atoms with E-state index in [4.69, 9.17) is 4.74 Å². The molecule has 3 aromatic rings. The number of anilines is 1. The van der Waals surface area contributed by atoms with Crippen molar-refractivity contribution in [2.24, 2.45) is 0 Å². The maximum Gasteiger partial charge on any atom is 0.378 e. The van der Waals surface area contributed by atoms with Crippen molar-refractivity contribution in [2.45, 2.75) is 6.04 Å². The fraction of sp³-hybridized carbons (Fsp3) is 0.105. The predicted octanol–water partition coefficient (Wildman–Crippen LogP) is 3.12. The van der Waals surface area contributed by atoms with Crippen LogP contribution in [0.1, 0.15) is 27.8 Å². The SMILES string of the molecule is COC(=O)c1nc2n(n1)[C@H](c1ccccc1)C=C(c1ccccc1)N2. The third-order valence-corrected chi connectivity index (χ3v) is 4.06. The number of nitrogens with one attached hydrogen (secondary N) is 1. The average molecular weight is 332 g/mol. The van der Waals surface area contributed by atoms with Crippen molar-refractivity contribution >= 4 is 17.6 Å². The summed E-state index contributed by atoms with van der Waals surface area (Å²) in [6.07, 6.45) is 2.08. The second kappa shape index (κ2) is 6.24. The maximum atomic E-state index is 11.8. The number of allylic oxidation sites excluding steroid dienone is 1. The molecule has 0 fully saturated rings. The molecular formula is C19H16N4O2. The number of ether oxygens (including phenoxy) is 1. The number of fused-ring (bicyclic) bond motifs is 1. The monoisotopic (exact) mass is 332 g/mol. The Kier molecular flexibility index (Phi) is 3.78. The number of methoxy groups -OCH3 is 1. The normalized spacial score (nSPS) is 15.7. The number of hydrogen-bond acceptors (Lipinski definition) is 5. The topological polar surface area (TPSA) is 69.0 Å². The zero-order chi connectivity index (χ0) is 17.2. The summed E-state index contributed by atoms with van der Waals surface area (Å²) in [4.78, 5) is 16.1. The van der Waals surface area contributed by atoms with Gasteiger partial charge in [-0.05, 0) is 17.2 Å². The maximum absolute atomic E-state index is 11.8. The number of benzene rings is 2. The van der Waals surface area contributed by atoms with E-state index in [1.165, 1.54) is 7.11 Å². The minimum Gasteiger partial charge on any atom is -0.463 e. The Balaban J connectivity index is 1.83. The first-order valence-corrected chi connectivity index (χ1v) is 7.90. The quantitative estimate of drug-likeness (QED) is 0.746. The minimum absolute atomic E-state index is 0.0358. The number of carbonyl (C=O) groups is 1. The van der Waals surface area contributed by atoms with Gasteiger partial charge in [-0.15, -0.1) is 5.10 Å². The van der Waals surface area contributed by atoms with E-state index in [1.54, 1.807) is 4.68 Å². The van der Waals surface area contributed by atoms with Gasteiger partial charge in [-0.25, -0.2) is 9.48 Å². The summed E-state index contributed by atoms with van der Waals surface area (Å²) >= 11 is 0. The standard InChI is InChI=1S/C19H16N4O2/c1-25-18(24)17-21-19-20-15(13-8-4-2-5-9-13)12-16(23(19)22-17)14-10-6-3-7-11-14/h2-12,16H,1H3,(H,20,21,22)/t16-/m0/s1. The van der Waals surface area contributed by atoms with E-state index in [-0.39, 0.29) is 11.9 Å². The third-order valence-electron chi connectivity index (χ3n) is 4.06. The molecular weight excluding hydrogens is 316 g/mol. The highest BCUT2D eigenvalue weighted by Gasteiger charge is 2.27. The fourth-order valence-corrected chi connectivity index (χ4v) is 2.84. The van der Waals surface area contributed by atoms with Crippen molar-refractivity contribution < 1.29 is 9.53 Å². The van der Waals surface area contributed by atoms with Gasteiger partial charge < -0.3 is 10.1 Å². The van der Waals surface area contributed by atoms with Gasteiger partial charge in [0.25, 0.3) is 5.82 Å². The molecule has 0 bridgehead atoms. The van der Waals surface area contributed by atoms with E-state index in [9.17, 15) is 4.79 Å². The van der Waals surface area contributed by atoms with Crippen LogP contribution in [0.25, 0.3) is 5.70 Å². The molecule has 2 heterocycles. The van der Waals surface area contributed by atoms with Gasteiger partial charge in [-0.3, -0.25) is 0 Å². The summed E-state index contributed by atoms with van der Waals surface area (Å²) in [6, 6.07) is 19.8. The van der Waals surface area contributed by atoms with Crippen LogP contribution < -0.4 is 5.32 Å². The average Bonchev–Trinajstić information content (AvgIpc) is 3.12. The van der Waals surface area contributed by atoms with E-state index >= 15 is 0 Å². The lowest BCUT2D eigenvalue weighted by Crippen LogP contribution is -2.20. The minimum atomic E-state index is -0.559. The summed E-state index contributed by atoms with van der Waals surface area (Å²) in [6.45, 7) is 0. The second-order valence-corrected chi connectivity index (χ2v) is 5.62. The Hall–Kier alpha value is -3.41. The summed E-state index contributed by atoms with van der Waals surface area (Å²) in [5.41, 5.74) is 3.02. The van der Waals surface area contributed by atoms with Crippen molar-refractivity contribution in [2.75, 3.05) is 12.4 Å². The number of esters is 1. The third kappa shape index (κ3) is 2.78. The molecule has 25 heavy (non-hydrogen) atoms. The number of nitrogens with zero attached hydrogens (tertiary/aromatic N) is 3. The van der Waals surface area contributed by atoms with Crippen molar-refractivity contribution in [1.82, 2.24) is 14.8 Å². The Morgan fingerprint density at radius 2 is 1.76 bits per heavy atom. The summed E-state index contributed by atoms with van der Waals surface area (Å²) < 4.78 is 6.45. The molecule has 0 saturated carbocycles. The van der Waals surface area contributed by atoms with Crippen LogP contribution in [0.2, 0.25) is 0 Å². The summed E-state index contributed by atoms with van der Waals surface area (Å²) in [5.74, 6) is -0.0129. The van der Waals surface area contributed by atoms with Gasteiger partial charge in [0.15, 0.2) is 0 Å². The van der Waals surface area contributed by atoms with Crippen molar-refractivity contribution in [3.63, 3.8) is 0 Å². The van der Waals surface area contributed by atoms with Gasteiger partial charge >= 0.3 is 5.97 Å². The highest BCUT2D eigenvalue weighted by atomic mass is 16.5. The highest BCUT2D eigenvalue weighted by Crippen LogP contribution is 2.32. The van der Waals surface area contributed by atoms with E-state index in [0.29, 0.717) is 5.95 Å². The Labute approximate surface area is 144 Å². The van der Waals surface area contributed by atoms with Gasteiger partial charge in [0, 0.05) is 5.70 Å². The number of aromatic nitrogens is 3. The fourth-order valence-electron chi connectivity index (χ4n) is 2.84. The smallest absolute Gasteiger partial charge is 0.378 e. The van der Waals surface area contributed by atoms with Gasteiger partial charge in [-0.1, -0.05) is 60.7 Å². The summed E-state index contributed by atoms with van der Waals surface area (Å²) in [5, 5.41) is 7.59. The first kappa shape index (κ1) is 15.1. The van der Waals surface area contributed by atoms with Crippen molar-refractivity contribution in [1.29, 1.82) is 0 Å². The molecule has 0 saturated heterocycles. The molecule has 1 N–H and O–H groups in total. The molecule has 0 aliphatic carbocycles. The van der Waals surface area contributed by atoms with Gasteiger partial charge in [0.2, 0.25) is 5.95 Å². The molecule has 6 heteroatoms. The van der Waals surface area contributed by atoms with Crippen LogP contribution in [0, 0.1) is 0 Å². The highest BCUT2D eigenvalue weighted by molar-refractivity contribution is 5.86. The lowest BCUT2D eigenvalue weighted by atomic mass is 10.0. The van der Waals surface area contributed by atoms with Crippen LogP contribution >= 0.6 is 0 Å². The Morgan fingerprint density at radius 3 is 2.44 bits per heavy atom. The lowest BCUT2D eigenvalue weighted by Gasteiger charge is -2.24. The largest absolute Gasteiger partial charge is 0.463 e. The second-order valence-electron chi connectivity index (χ2n) is 5.62. The molecule has 1 aromatic heterocycles. The molecule has 0 amide bonds. The number of hydrogen-bond donors (Lipinski definition) is 1. The van der Waals surface area contributed by atoms with Crippen molar-refractivity contribution in [3.8, 4) is 0 Å². The van der Waals surface area contributed by atoms with Crippen LogP contribution in [0.4, 0.5) is 5.95 Å². The molecule has 124 valence electrons. The van der Waals surface area contributed by atoms with Crippen molar-refractivity contribution in [3.05, 3.63) is 83.7 Å². The van der Waals surface area contributed by atoms with E-state index in [0.717, 1.165) is 16.8 Å². The zero-order valence-corrected chi connectivity index (χ0v) is 13.6. The molecule has 1 aliphatic heterocycles. The zero-order valence-electron chi connectivity index (χ0n) is 13.6. The van der Waals surface area contributed by atoms with Crippen LogP contribution in [0.3, 0.4) is 0 Å². The van der Waals surface area contributed by atoms with E-state index < -0.39 is 5.97 Å². The molecule has 4 rings (SSSR count). The molecule has 0 unspecified atom stereocenters. The first-order chi connectivity index (χ1) is 12.3. The van der Waals surface area contributed by atoms with Crippen LogP contribution in [0.15, 0.2) is 66.7 Å². The van der Waals surface area contributed by atoms with Gasteiger partial charge in [0.1, 0.15) is 6.04 Å². The molecule has 0 radical (unpaired) electrons. The van der Waals surface area contributed by atoms with E-state index in [2.05, 4.69) is 21.5 Å². The molecule has 6 nitrogen and oxygen atoms in total. The van der Waals surface area contributed by atoms with Crippen LogP contribution in [-0.2, 0) is 4.74 Å². The van der Waals surface area contributed by atoms with Crippen LogP contribution in [-0.4, -0.2) is 27.8 Å². The molecule has 0 spiro atoms. The number of carbonyl (C=O) groups excluding carboxylic acids is 1. The lowest BCUT2D eigenvalue weighted by molar-refractivity contribution is 0.0586. The van der Waals surface area contributed by atoms with Gasteiger partial charge in [0.05, 0.1) is 7.11 Å². The van der Waals surface area contributed by atoms with Gasteiger partial charge in [-0.2, -0.15) is 4.98 Å². The molecule has 1 atom stereocenters. The van der Waals surface area contributed by atoms with Crippen LogP contribution in [0.5, 0.6) is 0 Å². The Morgan fingerprint density at radius 1 is 1.08 bits per heavy atom.